The van der Waals surface area contributed by atoms with Crippen molar-refractivity contribution in [1.82, 2.24) is 39.0 Å². The quantitative estimate of drug-likeness (QED) is 0.158. The maximum Gasteiger partial charge on any atom is 0.238 e. The molecule has 16 aromatic rings. The maximum absolute atomic E-state index is 5.53. The summed E-state index contributed by atoms with van der Waals surface area (Å²) < 4.78 is 9.43. The van der Waals surface area contributed by atoms with Gasteiger partial charge in [-0.25, -0.2) is 19.9 Å². The van der Waals surface area contributed by atoms with Crippen LogP contribution in [0.5, 0.6) is 0 Å². The van der Waals surface area contributed by atoms with Gasteiger partial charge in [-0.15, -0.1) is 22.7 Å². The normalized spacial score (nSPS) is 11.9. The minimum absolute atomic E-state index is 0.517. The van der Waals surface area contributed by atoms with Crippen LogP contribution < -0.4 is 0 Å². The van der Waals surface area contributed by atoms with Crippen molar-refractivity contribution in [3.63, 3.8) is 0 Å². The van der Waals surface area contributed by atoms with E-state index in [0.717, 1.165) is 83.1 Å². The Morgan fingerprint density at radius 2 is 0.763 bits per heavy atom. The molecule has 0 N–H and O–H groups in total. The summed E-state index contributed by atoms with van der Waals surface area (Å²) in [6.07, 6.45) is 0. The lowest BCUT2D eigenvalue weighted by atomic mass is 10.1. The number of hydrogen-bond acceptors (Lipinski definition) is 8. The highest BCUT2D eigenvalue weighted by Gasteiger charge is 2.25. The van der Waals surface area contributed by atoms with Crippen molar-refractivity contribution in [2.45, 2.75) is 0 Å². The average molecular weight is 1010 g/mol. The summed E-state index contributed by atoms with van der Waals surface area (Å²) in [5, 5.41) is 9.19. The molecule has 0 bridgehead atoms. The van der Waals surface area contributed by atoms with E-state index in [9.17, 15) is 0 Å². The zero-order valence-corrected chi connectivity index (χ0v) is 42.0. The lowest BCUT2D eigenvalue weighted by Gasteiger charge is -2.14. The Morgan fingerprint density at radius 1 is 0.263 bits per heavy atom. The Labute approximate surface area is 442 Å². The topological polar surface area (TPSA) is 87.2 Å². The van der Waals surface area contributed by atoms with Crippen molar-refractivity contribution in [1.29, 1.82) is 0 Å². The van der Waals surface area contributed by atoms with Crippen LogP contribution in [0, 0.1) is 0 Å². The first-order valence-electron chi connectivity index (χ1n) is 25.2. The lowest BCUT2D eigenvalue weighted by Crippen LogP contribution is -2.07. The summed E-state index contributed by atoms with van der Waals surface area (Å²) in [7, 11) is 0. The van der Waals surface area contributed by atoms with E-state index in [4.69, 9.17) is 29.9 Å². The molecule has 10 heteroatoms. The summed E-state index contributed by atoms with van der Waals surface area (Å²) >= 11 is 3.59. The molecule has 0 aliphatic heterocycles. The van der Waals surface area contributed by atoms with Gasteiger partial charge in [0.1, 0.15) is 11.5 Å². The van der Waals surface area contributed by atoms with Gasteiger partial charge in [0.25, 0.3) is 0 Å². The van der Waals surface area contributed by atoms with Crippen LogP contribution in [0.15, 0.2) is 231 Å². The predicted molar refractivity (Wildman–Crippen MR) is 315 cm³/mol. The highest BCUT2D eigenvalue weighted by molar-refractivity contribution is 7.26. The fourth-order valence-corrected chi connectivity index (χ4v) is 13.4. The molecule has 0 spiro atoms. The molecule has 9 aromatic carbocycles. The van der Waals surface area contributed by atoms with E-state index >= 15 is 0 Å². The number of benzene rings is 9. The number of aromatic nitrogens is 8. The predicted octanol–water partition coefficient (Wildman–Crippen LogP) is 17.3. The van der Waals surface area contributed by atoms with Crippen molar-refractivity contribution in [3.05, 3.63) is 231 Å². The molecule has 0 aliphatic carbocycles. The van der Waals surface area contributed by atoms with E-state index in [1.165, 1.54) is 40.3 Å². The molecular weight excluding hydrogens is 969 g/mol. The number of rotatable bonds is 7. The SMILES string of the molecule is c1ccc(-c2cc(-c3ccccc3)nc(-c3cccc(-n4c5ccccc5c5ccc6c7ccccc7n(-c7nc(-c8ccc9c(c8)sc8ccccc89)nc(-c8ccc9sc%10ccccc%10c9c8)n7)c6c54)n3)n2)cc1. The van der Waals surface area contributed by atoms with E-state index in [0.29, 0.717) is 29.1 Å². The summed E-state index contributed by atoms with van der Waals surface area (Å²) in [5.41, 5.74) is 10.1. The molecule has 7 aromatic heterocycles. The second kappa shape index (κ2) is 16.9. The maximum atomic E-state index is 5.53. The van der Waals surface area contributed by atoms with Crippen molar-refractivity contribution < 1.29 is 0 Å². The fourth-order valence-electron chi connectivity index (χ4n) is 11.1. The first-order valence-corrected chi connectivity index (χ1v) is 26.8. The average Bonchev–Trinajstić information content (AvgIpc) is 4.27. The van der Waals surface area contributed by atoms with E-state index in [2.05, 4.69) is 197 Å². The van der Waals surface area contributed by atoms with Gasteiger partial charge < -0.3 is 0 Å². The number of thiophene rings is 2. The Balaban J connectivity index is 0.961. The minimum Gasteiger partial charge on any atom is -0.292 e. The highest BCUT2D eigenvalue weighted by Crippen LogP contribution is 2.43. The molecule has 7 heterocycles. The van der Waals surface area contributed by atoms with Crippen LogP contribution in [0.2, 0.25) is 0 Å². The van der Waals surface area contributed by atoms with Crippen molar-refractivity contribution in [3.8, 4) is 68.6 Å². The summed E-state index contributed by atoms with van der Waals surface area (Å²) in [6, 6.07) is 80.8. The molecule has 16 rings (SSSR count). The summed E-state index contributed by atoms with van der Waals surface area (Å²) in [4.78, 5) is 32.3. The van der Waals surface area contributed by atoms with E-state index in [-0.39, 0.29) is 0 Å². The van der Waals surface area contributed by atoms with Crippen molar-refractivity contribution in [2.24, 2.45) is 0 Å². The second-order valence-electron chi connectivity index (χ2n) is 19.0. The Hall–Kier alpha value is -9.74. The Kier molecular flexibility index (Phi) is 9.51. The Morgan fingerprint density at radius 3 is 1.43 bits per heavy atom. The van der Waals surface area contributed by atoms with Gasteiger partial charge in [-0.05, 0) is 66.7 Å². The fraction of sp³-hybridized carbons (Fsp3) is 0. The van der Waals surface area contributed by atoms with Crippen molar-refractivity contribution >= 4 is 107 Å². The van der Waals surface area contributed by atoms with E-state index in [1.54, 1.807) is 22.7 Å². The van der Waals surface area contributed by atoms with Crippen LogP contribution in [0.25, 0.3) is 153 Å². The van der Waals surface area contributed by atoms with Crippen molar-refractivity contribution in [2.75, 3.05) is 0 Å². The third-order valence-electron chi connectivity index (χ3n) is 14.6. The monoisotopic (exact) mass is 1010 g/mol. The van der Waals surface area contributed by atoms with Gasteiger partial charge >= 0.3 is 0 Å². The molecule has 0 unspecified atom stereocenters. The standard InChI is InChI=1S/C66H38N8S2/c1-3-16-39(17-4-1)52-38-53(40-18-5-2-6-19-40)69-65(68-52)51-24-15-29-60(67-51)73-54-25-11-7-20-43(54)48-33-34-49-44-21-8-12-26-55(44)74(62(49)61(48)73)66-71-63(41-31-35-58-50(36-41)46-23-10-14-28-57(46)75-58)70-64(72-66)42-30-32-47-45-22-9-13-27-56(45)76-59(47)37-42/h1-38H. The largest absolute Gasteiger partial charge is 0.292 e. The van der Waals surface area contributed by atoms with E-state index < -0.39 is 0 Å². The van der Waals surface area contributed by atoms with Gasteiger partial charge in [-0.2, -0.15) is 9.97 Å². The third kappa shape index (κ3) is 6.74. The number of pyridine rings is 1. The molecule has 8 nitrogen and oxygen atoms in total. The number of fused-ring (bicyclic) bond motifs is 13. The molecular formula is C66H38N8S2. The second-order valence-corrected chi connectivity index (χ2v) is 21.2. The molecule has 354 valence electrons. The van der Waals surface area contributed by atoms with Gasteiger partial charge in [-0.3, -0.25) is 9.13 Å². The third-order valence-corrected chi connectivity index (χ3v) is 16.9. The molecule has 0 fully saturated rings. The molecule has 0 aliphatic rings. The minimum atomic E-state index is 0.517. The van der Waals surface area contributed by atoms with E-state index in [1.807, 2.05) is 42.5 Å². The molecule has 76 heavy (non-hydrogen) atoms. The van der Waals surface area contributed by atoms with Gasteiger partial charge in [-0.1, -0.05) is 164 Å². The highest BCUT2D eigenvalue weighted by atomic mass is 32.1. The van der Waals surface area contributed by atoms with Crippen LogP contribution in [-0.4, -0.2) is 39.0 Å². The molecule has 0 radical (unpaired) electrons. The van der Waals surface area contributed by atoms with Gasteiger partial charge in [0.05, 0.1) is 33.5 Å². The lowest BCUT2D eigenvalue weighted by molar-refractivity contribution is 0.953. The zero-order chi connectivity index (χ0) is 49.8. The van der Waals surface area contributed by atoms with Crippen LogP contribution in [0.3, 0.4) is 0 Å². The molecule has 0 saturated heterocycles. The van der Waals surface area contributed by atoms with Gasteiger partial charge in [0.2, 0.25) is 5.95 Å². The van der Waals surface area contributed by atoms with Gasteiger partial charge in [0, 0.05) is 84.1 Å². The smallest absolute Gasteiger partial charge is 0.238 e. The Bertz CT molecular complexity index is 4960. The van der Waals surface area contributed by atoms with Crippen LogP contribution in [-0.2, 0) is 0 Å². The first-order chi connectivity index (χ1) is 37.6. The van der Waals surface area contributed by atoms with Crippen LogP contribution >= 0.6 is 22.7 Å². The summed E-state index contributed by atoms with van der Waals surface area (Å²) in [5.74, 6) is 2.97. The zero-order valence-electron chi connectivity index (χ0n) is 40.3. The van der Waals surface area contributed by atoms with Gasteiger partial charge in [0.15, 0.2) is 17.5 Å². The molecule has 0 amide bonds. The molecule has 0 saturated carbocycles. The molecule has 0 atom stereocenters. The number of para-hydroxylation sites is 2. The number of nitrogens with zero attached hydrogens (tertiary/aromatic N) is 8. The van der Waals surface area contributed by atoms with Crippen LogP contribution in [0.4, 0.5) is 0 Å². The summed E-state index contributed by atoms with van der Waals surface area (Å²) in [6.45, 7) is 0. The van der Waals surface area contributed by atoms with Crippen LogP contribution in [0.1, 0.15) is 0 Å². The first kappa shape index (κ1) is 42.7. The number of hydrogen-bond donors (Lipinski definition) is 0.